The Hall–Kier alpha value is 0.140. The summed E-state index contributed by atoms with van der Waals surface area (Å²) in [6.45, 7) is 3.65. The van der Waals surface area contributed by atoms with Crippen molar-refractivity contribution in [1.29, 1.82) is 0 Å². The van der Waals surface area contributed by atoms with Crippen molar-refractivity contribution in [3.63, 3.8) is 0 Å². The van der Waals surface area contributed by atoms with Gasteiger partial charge in [0.05, 0.1) is 0 Å². The molecule has 0 aliphatic heterocycles. The van der Waals surface area contributed by atoms with Crippen molar-refractivity contribution >= 4 is 28.9 Å². The third-order valence-corrected chi connectivity index (χ3v) is 2.81. The maximum Gasteiger partial charge on any atom is 0.145 e. The Morgan fingerprint density at radius 2 is 1.62 bits per heavy atom. The standard InChI is InChI=1S/C11H19IO/c1-11(10-13)8-6-4-2-3-5-7-9-12/h10H,1-9H2. The fourth-order valence-corrected chi connectivity index (χ4v) is 1.75. The largest absolute Gasteiger partial charge is 0.298 e. The van der Waals surface area contributed by atoms with Gasteiger partial charge in [0.1, 0.15) is 6.29 Å². The number of alkyl halides is 1. The van der Waals surface area contributed by atoms with Gasteiger partial charge in [-0.2, -0.15) is 0 Å². The SMILES string of the molecule is C=C(C=O)CCCCCCCCI. The van der Waals surface area contributed by atoms with Crippen LogP contribution in [0.3, 0.4) is 0 Å². The molecule has 0 fully saturated rings. The van der Waals surface area contributed by atoms with Crippen molar-refractivity contribution < 1.29 is 4.79 Å². The van der Waals surface area contributed by atoms with Crippen LogP contribution in [0.5, 0.6) is 0 Å². The van der Waals surface area contributed by atoms with E-state index in [1.54, 1.807) is 0 Å². The molecule has 0 aliphatic carbocycles. The molecule has 0 aromatic rings. The molecular formula is C11H19IO. The summed E-state index contributed by atoms with van der Waals surface area (Å²) in [5, 5.41) is 0. The van der Waals surface area contributed by atoms with E-state index in [4.69, 9.17) is 0 Å². The van der Waals surface area contributed by atoms with Crippen LogP contribution in [0.1, 0.15) is 44.9 Å². The Morgan fingerprint density at radius 3 is 2.15 bits per heavy atom. The van der Waals surface area contributed by atoms with Crippen LogP contribution in [0.25, 0.3) is 0 Å². The fourth-order valence-electron chi connectivity index (χ4n) is 1.21. The summed E-state index contributed by atoms with van der Waals surface area (Å²) in [4.78, 5) is 10.2. The van der Waals surface area contributed by atoms with Crippen LogP contribution in [0.2, 0.25) is 0 Å². The Kier molecular flexibility index (Phi) is 10.3. The Balaban J connectivity index is 2.99. The normalized spacial score (nSPS) is 9.92. The smallest absolute Gasteiger partial charge is 0.145 e. The van der Waals surface area contributed by atoms with Crippen LogP contribution in [-0.2, 0) is 4.79 Å². The first kappa shape index (κ1) is 13.1. The van der Waals surface area contributed by atoms with E-state index < -0.39 is 0 Å². The molecule has 0 unspecified atom stereocenters. The second-order valence-electron chi connectivity index (χ2n) is 3.34. The molecule has 0 saturated heterocycles. The highest BCUT2D eigenvalue weighted by atomic mass is 127. The van der Waals surface area contributed by atoms with Gasteiger partial charge in [-0.05, 0) is 29.3 Å². The lowest BCUT2D eigenvalue weighted by atomic mass is 10.1. The topological polar surface area (TPSA) is 17.1 Å². The third-order valence-electron chi connectivity index (χ3n) is 2.05. The van der Waals surface area contributed by atoms with Gasteiger partial charge >= 0.3 is 0 Å². The molecule has 13 heavy (non-hydrogen) atoms. The molecule has 0 spiro atoms. The molecule has 0 bridgehead atoms. The molecule has 0 N–H and O–H groups in total. The Bertz CT molecular complexity index is 143. The first-order valence-electron chi connectivity index (χ1n) is 5.00. The van der Waals surface area contributed by atoms with Gasteiger partial charge in [0.25, 0.3) is 0 Å². The Morgan fingerprint density at radius 1 is 1.08 bits per heavy atom. The molecule has 0 aromatic heterocycles. The van der Waals surface area contributed by atoms with Crippen LogP contribution in [-0.4, -0.2) is 10.7 Å². The van der Waals surface area contributed by atoms with Crippen molar-refractivity contribution in [2.24, 2.45) is 0 Å². The number of halogens is 1. The zero-order valence-electron chi connectivity index (χ0n) is 8.23. The average Bonchev–Trinajstić information content (AvgIpc) is 2.16. The van der Waals surface area contributed by atoms with Gasteiger partial charge in [-0.25, -0.2) is 0 Å². The lowest BCUT2D eigenvalue weighted by Crippen LogP contribution is -1.84. The van der Waals surface area contributed by atoms with Crippen LogP contribution in [0, 0.1) is 0 Å². The lowest BCUT2D eigenvalue weighted by molar-refractivity contribution is -0.105. The van der Waals surface area contributed by atoms with Gasteiger partial charge in [0, 0.05) is 0 Å². The molecule has 76 valence electrons. The van der Waals surface area contributed by atoms with Crippen molar-refractivity contribution in [1.82, 2.24) is 0 Å². The number of hydrogen-bond donors (Lipinski definition) is 0. The fraction of sp³-hybridized carbons (Fsp3) is 0.727. The van der Waals surface area contributed by atoms with Crippen LogP contribution in [0.4, 0.5) is 0 Å². The molecule has 2 heteroatoms. The van der Waals surface area contributed by atoms with Crippen molar-refractivity contribution in [3.05, 3.63) is 12.2 Å². The second kappa shape index (κ2) is 10.2. The number of allylic oxidation sites excluding steroid dienone is 1. The van der Waals surface area contributed by atoms with Crippen molar-refractivity contribution in [2.45, 2.75) is 44.9 Å². The summed E-state index contributed by atoms with van der Waals surface area (Å²) < 4.78 is 1.28. The van der Waals surface area contributed by atoms with E-state index in [1.165, 1.54) is 36.5 Å². The summed E-state index contributed by atoms with van der Waals surface area (Å²) in [5.74, 6) is 0. The summed E-state index contributed by atoms with van der Waals surface area (Å²) >= 11 is 2.42. The molecule has 0 saturated carbocycles. The molecule has 1 nitrogen and oxygen atoms in total. The summed E-state index contributed by atoms with van der Waals surface area (Å²) in [5.41, 5.74) is 0.743. The van der Waals surface area contributed by atoms with E-state index in [-0.39, 0.29) is 0 Å². The molecule has 0 radical (unpaired) electrons. The molecule has 0 atom stereocenters. The van der Waals surface area contributed by atoms with E-state index in [0.717, 1.165) is 24.7 Å². The van der Waals surface area contributed by atoms with Crippen molar-refractivity contribution in [2.75, 3.05) is 4.43 Å². The van der Waals surface area contributed by atoms with E-state index >= 15 is 0 Å². The number of carbonyl (C=O) groups is 1. The van der Waals surface area contributed by atoms with Gasteiger partial charge in [0.2, 0.25) is 0 Å². The maximum absolute atomic E-state index is 10.2. The van der Waals surface area contributed by atoms with Gasteiger partial charge in [-0.15, -0.1) is 0 Å². The first-order valence-corrected chi connectivity index (χ1v) is 6.52. The number of unbranched alkanes of at least 4 members (excludes halogenated alkanes) is 5. The quantitative estimate of drug-likeness (QED) is 0.207. The zero-order valence-corrected chi connectivity index (χ0v) is 10.4. The third kappa shape index (κ3) is 10.1. The summed E-state index contributed by atoms with van der Waals surface area (Å²) in [6, 6.07) is 0. The minimum Gasteiger partial charge on any atom is -0.298 e. The number of aldehydes is 1. The molecule has 0 heterocycles. The summed E-state index contributed by atoms with van der Waals surface area (Å²) in [6.07, 6.45) is 9.49. The number of hydrogen-bond acceptors (Lipinski definition) is 1. The van der Waals surface area contributed by atoms with E-state index in [9.17, 15) is 4.79 Å². The van der Waals surface area contributed by atoms with Crippen LogP contribution in [0.15, 0.2) is 12.2 Å². The second-order valence-corrected chi connectivity index (χ2v) is 4.42. The van der Waals surface area contributed by atoms with E-state index in [2.05, 4.69) is 29.2 Å². The van der Waals surface area contributed by atoms with Gasteiger partial charge in [-0.3, -0.25) is 4.79 Å². The highest BCUT2D eigenvalue weighted by Crippen LogP contribution is 2.10. The zero-order chi connectivity index (χ0) is 9.94. The van der Waals surface area contributed by atoms with Gasteiger partial charge in [0.15, 0.2) is 0 Å². The van der Waals surface area contributed by atoms with Gasteiger partial charge in [-0.1, -0.05) is 54.9 Å². The highest BCUT2D eigenvalue weighted by molar-refractivity contribution is 14.1. The maximum atomic E-state index is 10.2. The summed E-state index contributed by atoms with van der Waals surface area (Å²) in [7, 11) is 0. The Labute approximate surface area is 95.1 Å². The van der Waals surface area contributed by atoms with Crippen LogP contribution >= 0.6 is 22.6 Å². The van der Waals surface area contributed by atoms with Crippen molar-refractivity contribution in [3.8, 4) is 0 Å². The minimum atomic E-state index is 0.743. The molecule has 0 rings (SSSR count). The predicted octanol–water partition coefficient (Wildman–Crippen LogP) is 3.91. The lowest BCUT2D eigenvalue weighted by Gasteiger charge is -1.99. The van der Waals surface area contributed by atoms with Crippen LogP contribution < -0.4 is 0 Å². The monoisotopic (exact) mass is 294 g/mol. The average molecular weight is 294 g/mol. The molecule has 0 aromatic carbocycles. The minimum absolute atomic E-state index is 0.743. The van der Waals surface area contributed by atoms with Gasteiger partial charge < -0.3 is 0 Å². The highest BCUT2D eigenvalue weighted by Gasteiger charge is 1.93. The number of rotatable bonds is 9. The molecule has 0 amide bonds. The molecular weight excluding hydrogens is 275 g/mol. The molecule has 0 aliphatic rings. The van der Waals surface area contributed by atoms with E-state index in [0.29, 0.717) is 0 Å². The van der Waals surface area contributed by atoms with E-state index in [1.807, 2.05) is 0 Å². The first-order chi connectivity index (χ1) is 6.31. The number of carbonyl (C=O) groups excluding carboxylic acids is 1. The predicted molar refractivity (Wildman–Crippen MR) is 66.4 cm³/mol.